The molecule has 0 spiro atoms. The van der Waals surface area contributed by atoms with E-state index in [9.17, 15) is 31.2 Å². The van der Waals surface area contributed by atoms with Crippen molar-refractivity contribution in [1.29, 1.82) is 0 Å². The van der Waals surface area contributed by atoms with Gasteiger partial charge in [-0.15, -0.1) is 0 Å². The van der Waals surface area contributed by atoms with Gasteiger partial charge in [-0.3, -0.25) is 13.9 Å². The second-order valence-corrected chi connectivity index (χ2v) is 13.5. The van der Waals surface area contributed by atoms with Gasteiger partial charge in [-0.05, 0) is 54.3 Å². The SMILES string of the molecule is CS(=O)(=O)N(CC(=O)N(Cc1ccc(Cl)cc1Cl)[C@@H](Cc1ccccc1)C(=O)NC1CCCC1)c1cccc(C(F)(F)F)c1. The lowest BCUT2D eigenvalue weighted by molar-refractivity contribution is -0.140. The average molecular weight is 671 g/mol. The highest BCUT2D eigenvalue weighted by molar-refractivity contribution is 7.92. The van der Waals surface area contributed by atoms with Gasteiger partial charge in [0, 0.05) is 29.1 Å². The quantitative estimate of drug-likeness (QED) is 0.253. The Morgan fingerprint density at radius 1 is 0.977 bits per heavy atom. The van der Waals surface area contributed by atoms with E-state index in [0.717, 1.165) is 49.6 Å². The van der Waals surface area contributed by atoms with Crippen molar-refractivity contribution in [3.63, 3.8) is 0 Å². The number of alkyl halides is 3. The number of carbonyl (C=O) groups excluding carboxylic acids is 2. The van der Waals surface area contributed by atoms with Crippen LogP contribution in [0.3, 0.4) is 0 Å². The molecule has 1 N–H and O–H groups in total. The Kier molecular flexibility index (Phi) is 10.9. The van der Waals surface area contributed by atoms with Crippen LogP contribution < -0.4 is 9.62 Å². The number of halogens is 5. The number of anilines is 1. The van der Waals surface area contributed by atoms with Gasteiger partial charge in [-0.1, -0.05) is 78.5 Å². The smallest absolute Gasteiger partial charge is 0.352 e. The Balaban J connectivity index is 1.76. The molecule has 0 aliphatic heterocycles. The van der Waals surface area contributed by atoms with E-state index in [0.29, 0.717) is 21.0 Å². The largest absolute Gasteiger partial charge is 0.416 e. The lowest BCUT2D eigenvalue weighted by Crippen LogP contribution is -2.54. The Morgan fingerprint density at radius 2 is 1.66 bits per heavy atom. The van der Waals surface area contributed by atoms with Crippen molar-refractivity contribution in [2.45, 2.75) is 56.9 Å². The van der Waals surface area contributed by atoms with E-state index in [2.05, 4.69) is 5.32 Å². The van der Waals surface area contributed by atoms with Crippen molar-refractivity contribution in [2.75, 3.05) is 17.1 Å². The summed E-state index contributed by atoms with van der Waals surface area (Å²) < 4.78 is 66.8. The maximum atomic E-state index is 14.2. The van der Waals surface area contributed by atoms with Crippen molar-refractivity contribution in [2.24, 2.45) is 0 Å². The van der Waals surface area contributed by atoms with Crippen LogP contribution in [0.5, 0.6) is 0 Å². The summed E-state index contributed by atoms with van der Waals surface area (Å²) in [6.07, 6.45) is -0.348. The number of rotatable bonds is 11. The topological polar surface area (TPSA) is 86.8 Å². The molecule has 1 atom stereocenters. The molecule has 1 fully saturated rings. The zero-order valence-corrected chi connectivity index (χ0v) is 26.2. The van der Waals surface area contributed by atoms with Crippen LogP contribution in [0.1, 0.15) is 42.4 Å². The summed E-state index contributed by atoms with van der Waals surface area (Å²) in [5.41, 5.74) is -0.216. The van der Waals surface area contributed by atoms with Crippen LogP contribution in [0.4, 0.5) is 18.9 Å². The van der Waals surface area contributed by atoms with Gasteiger partial charge in [0.1, 0.15) is 12.6 Å². The highest BCUT2D eigenvalue weighted by Gasteiger charge is 2.36. The molecule has 1 saturated carbocycles. The zero-order chi connectivity index (χ0) is 32.1. The molecular formula is C31H32Cl2F3N3O4S. The predicted octanol–water partition coefficient (Wildman–Crippen LogP) is 6.48. The molecule has 2 amide bonds. The first-order chi connectivity index (χ1) is 20.7. The molecule has 0 bridgehead atoms. The van der Waals surface area contributed by atoms with Crippen molar-refractivity contribution >= 4 is 50.7 Å². The third kappa shape index (κ3) is 8.89. The highest BCUT2D eigenvalue weighted by atomic mass is 35.5. The molecular weight excluding hydrogens is 638 g/mol. The fourth-order valence-electron chi connectivity index (χ4n) is 5.21. The molecule has 44 heavy (non-hydrogen) atoms. The lowest BCUT2D eigenvalue weighted by Gasteiger charge is -2.34. The van der Waals surface area contributed by atoms with E-state index >= 15 is 0 Å². The molecule has 0 radical (unpaired) electrons. The second kappa shape index (κ2) is 14.2. The first-order valence-electron chi connectivity index (χ1n) is 13.9. The monoisotopic (exact) mass is 669 g/mol. The third-order valence-corrected chi connectivity index (χ3v) is 9.20. The summed E-state index contributed by atoms with van der Waals surface area (Å²) in [7, 11) is -4.24. The van der Waals surface area contributed by atoms with Crippen LogP contribution in [0.25, 0.3) is 0 Å². The van der Waals surface area contributed by atoms with Gasteiger partial charge in [-0.2, -0.15) is 13.2 Å². The van der Waals surface area contributed by atoms with Crippen LogP contribution in [0.2, 0.25) is 10.0 Å². The molecule has 0 heterocycles. The van der Waals surface area contributed by atoms with Crippen LogP contribution in [0, 0.1) is 0 Å². The average Bonchev–Trinajstić information content (AvgIpc) is 3.47. The summed E-state index contributed by atoms with van der Waals surface area (Å²) in [6.45, 7) is -1.04. The standard InChI is InChI=1S/C31H32Cl2F3N3O4S/c1-44(42,43)39(26-13-7-10-23(17-26)31(34,35)36)20-29(40)38(19-22-14-15-24(32)18-27(22)33)28(16-21-8-3-2-4-9-21)30(41)37-25-11-5-6-12-25/h2-4,7-10,13-15,17-18,25,28H,5-6,11-12,16,19-20H2,1H3,(H,37,41)/t28-/m0/s1. The van der Waals surface area contributed by atoms with Gasteiger partial charge in [0.25, 0.3) is 0 Å². The van der Waals surface area contributed by atoms with E-state index < -0.39 is 46.2 Å². The minimum absolute atomic E-state index is 0.0746. The Labute approximate surface area is 265 Å². The predicted molar refractivity (Wildman–Crippen MR) is 165 cm³/mol. The molecule has 3 aromatic rings. The first-order valence-corrected chi connectivity index (χ1v) is 16.6. The van der Waals surface area contributed by atoms with Crippen molar-refractivity contribution in [3.05, 3.63) is 99.5 Å². The van der Waals surface area contributed by atoms with Crippen LogP contribution >= 0.6 is 23.2 Å². The fraction of sp³-hybridized carbons (Fsp3) is 0.355. The number of nitrogens with zero attached hydrogens (tertiary/aromatic N) is 2. The number of sulfonamides is 1. The summed E-state index contributed by atoms with van der Waals surface area (Å²) in [5.74, 6) is -1.23. The lowest BCUT2D eigenvalue weighted by atomic mass is 10.0. The summed E-state index contributed by atoms with van der Waals surface area (Å²) in [6, 6.07) is 16.2. The third-order valence-electron chi connectivity index (χ3n) is 7.47. The van der Waals surface area contributed by atoms with E-state index in [-0.39, 0.29) is 29.7 Å². The van der Waals surface area contributed by atoms with Gasteiger partial charge in [-0.25, -0.2) is 8.42 Å². The van der Waals surface area contributed by atoms with Gasteiger partial charge in [0.05, 0.1) is 17.5 Å². The molecule has 236 valence electrons. The van der Waals surface area contributed by atoms with Crippen molar-refractivity contribution < 1.29 is 31.2 Å². The van der Waals surface area contributed by atoms with Crippen LogP contribution in [0.15, 0.2) is 72.8 Å². The molecule has 7 nitrogen and oxygen atoms in total. The van der Waals surface area contributed by atoms with E-state index in [4.69, 9.17) is 23.2 Å². The van der Waals surface area contributed by atoms with Crippen molar-refractivity contribution in [3.8, 4) is 0 Å². The zero-order valence-electron chi connectivity index (χ0n) is 23.9. The molecule has 0 saturated heterocycles. The Bertz CT molecular complexity index is 1580. The van der Waals surface area contributed by atoms with Crippen LogP contribution in [-0.2, 0) is 38.8 Å². The Hall–Kier alpha value is -3.28. The minimum atomic E-state index is -4.74. The second-order valence-electron chi connectivity index (χ2n) is 10.8. The van der Waals surface area contributed by atoms with E-state index in [1.165, 1.54) is 17.0 Å². The van der Waals surface area contributed by atoms with Gasteiger partial charge in [0.2, 0.25) is 21.8 Å². The maximum Gasteiger partial charge on any atom is 0.416 e. The van der Waals surface area contributed by atoms with Gasteiger partial charge >= 0.3 is 6.18 Å². The van der Waals surface area contributed by atoms with Crippen LogP contribution in [-0.4, -0.2) is 50.0 Å². The fourth-order valence-corrected chi connectivity index (χ4v) is 6.52. The van der Waals surface area contributed by atoms with Gasteiger partial charge in [0.15, 0.2) is 0 Å². The maximum absolute atomic E-state index is 14.2. The number of nitrogens with one attached hydrogen (secondary N) is 1. The number of benzene rings is 3. The van der Waals surface area contributed by atoms with E-state index in [1.807, 2.05) is 6.07 Å². The number of carbonyl (C=O) groups is 2. The molecule has 13 heteroatoms. The Morgan fingerprint density at radius 3 is 2.27 bits per heavy atom. The number of hydrogen-bond acceptors (Lipinski definition) is 4. The minimum Gasteiger partial charge on any atom is -0.352 e. The first kappa shape index (κ1) is 33.6. The summed E-state index contributed by atoms with van der Waals surface area (Å²) >= 11 is 12.5. The summed E-state index contributed by atoms with van der Waals surface area (Å²) in [4.78, 5) is 29.3. The van der Waals surface area contributed by atoms with Crippen molar-refractivity contribution in [1.82, 2.24) is 10.2 Å². The summed E-state index contributed by atoms with van der Waals surface area (Å²) in [5, 5.41) is 3.62. The number of amides is 2. The molecule has 1 aliphatic rings. The van der Waals surface area contributed by atoms with E-state index in [1.54, 1.807) is 36.4 Å². The highest BCUT2D eigenvalue weighted by Crippen LogP contribution is 2.32. The molecule has 4 rings (SSSR count). The van der Waals surface area contributed by atoms with Gasteiger partial charge < -0.3 is 10.2 Å². The molecule has 3 aromatic carbocycles. The molecule has 0 aromatic heterocycles. The molecule has 0 unspecified atom stereocenters. The molecule has 1 aliphatic carbocycles. The number of hydrogen-bond donors (Lipinski definition) is 1. The normalized spacial score (nSPS) is 14.7.